The molecule has 0 saturated heterocycles. The standard InChI is InChI=1S/C20H25BrN2O4S/c1-2-3-4-5-12-27-19-11-8-16(21)13-18(19)20(24)23-14-15-6-9-17(10-7-15)28(22,25)26/h6-11,13H,2-5,12,14H2,1H3,(H,23,24)(H2,22,25,26). The number of carbonyl (C=O) groups is 1. The lowest BCUT2D eigenvalue weighted by molar-refractivity contribution is 0.0946. The highest BCUT2D eigenvalue weighted by Gasteiger charge is 2.14. The first-order valence-corrected chi connectivity index (χ1v) is 11.5. The summed E-state index contributed by atoms with van der Waals surface area (Å²) in [6.45, 7) is 2.98. The average molecular weight is 469 g/mol. The maximum Gasteiger partial charge on any atom is 0.255 e. The van der Waals surface area contributed by atoms with Crippen LogP contribution in [-0.2, 0) is 16.6 Å². The molecule has 0 unspecified atom stereocenters. The van der Waals surface area contributed by atoms with Crippen LogP contribution in [0, 0.1) is 0 Å². The zero-order valence-corrected chi connectivity index (χ0v) is 18.2. The van der Waals surface area contributed by atoms with E-state index in [1.54, 1.807) is 24.3 Å². The minimum atomic E-state index is -3.73. The zero-order valence-electron chi connectivity index (χ0n) is 15.8. The number of rotatable bonds is 10. The highest BCUT2D eigenvalue weighted by atomic mass is 79.9. The SMILES string of the molecule is CCCCCCOc1ccc(Br)cc1C(=O)NCc1ccc(S(N)(=O)=O)cc1. The highest BCUT2D eigenvalue weighted by Crippen LogP contribution is 2.24. The molecule has 2 aromatic rings. The number of ether oxygens (including phenoxy) is 1. The number of carbonyl (C=O) groups excluding carboxylic acids is 1. The van der Waals surface area contributed by atoms with E-state index in [0.717, 1.165) is 29.3 Å². The molecule has 152 valence electrons. The normalized spacial score (nSPS) is 11.2. The summed E-state index contributed by atoms with van der Waals surface area (Å²) in [4.78, 5) is 12.7. The van der Waals surface area contributed by atoms with Crippen molar-refractivity contribution in [1.82, 2.24) is 5.32 Å². The number of unbranched alkanes of at least 4 members (excludes halogenated alkanes) is 3. The third-order valence-corrected chi connectivity index (χ3v) is 5.57. The summed E-state index contributed by atoms with van der Waals surface area (Å²) in [5, 5.41) is 7.92. The number of halogens is 1. The predicted molar refractivity (Wildman–Crippen MR) is 113 cm³/mol. The van der Waals surface area contributed by atoms with Gasteiger partial charge in [-0.15, -0.1) is 0 Å². The number of primary sulfonamides is 1. The van der Waals surface area contributed by atoms with Crippen LogP contribution in [0.1, 0.15) is 48.5 Å². The lowest BCUT2D eigenvalue weighted by Gasteiger charge is -2.12. The molecule has 3 N–H and O–H groups in total. The largest absolute Gasteiger partial charge is 0.493 e. The summed E-state index contributed by atoms with van der Waals surface area (Å²) in [5.41, 5.74) is 1.21. The Kier molecular flexibility index (Phi) is 8.47. The van der Waals surface area contributed by atoms with Gasteiger partial charge in [-0.3, -0.25) is 4.79 Å². The van der Waals surface area contributed by atoms with Gasteiger partial charge in [0.05, 0.1) is 17.1 Å². The Bertz CT molecular complexity index is 899. The molecule has 0 atom stereocenters. The number of nitrogens with one attached hydrogen (secondary N) is 1. The highest BCUT2D eigenvalue weighted by molar-refractivity contribution is 9.10. The van der Waals surface area contributed by atoms with Gasteiger partial charge in [-0.2, -0.15) is 0 Å². The molecule has 0 aromatic heterocycles. The molecular formula is C20H25BrN2O4S. The summed E-state index contributed by atoms with van der Waals surface area (Å²) >= 11 is 3.39. The second-order valence-corrected chi connectivity index (χ2v) is 8.90. The van der Waals surface area contributed by atoms with Crippen LogP contribution in [0.2, 0.25) is 0 Å². The van der Waals surface area contributed by atoms with E-state index < -0.39 is 10.0 Å². The number of hydrogen-bond acceptors (Lipinski definition) is 4. The third-order valence-electron chi connectivity index (χ3n) is 4.15. The van der Waals surface area contributed by atoms with Gasteiger partial charge in [-0.25, -0.2) is 13.6 Å². The zero-order chi connectivity index (χ0) is 20.6. The van der Waals surface area contributed by atoms with Gasteiger partial charge < -0.3 is 10.1 Å². The molecule has 0 spiro atoms. The Hall–Kier alpha value is -1.90. The van der Waals surface area contributed by atoms with E-state index in [9.17, 15) is 13.2 Å². The molecule has 6 nitrogen and oxygen atoms in total. The maximum atomic E-state index is 12.6. The Balaban J connectivity index is 2.00. The van der Waals surface area contributed by atoms with Crippen molar-refractivity contribution in [2.24, 2.45) is 5.14 Å². The Morgan fingerprint density at radius 2 is 1.82 bits per heavy atom. The molecule has 0 saturated carbocycles. The Morgan fingerprint density at radius 1 is 1.11 bits per heavy atom. The molecule has 0 aliphatic rings. The van der Waals surface area contributed by atoms with Gasteiger partial charge in [0.25, 0.3) is 5.91 Å². The molecule has 0 aliphatic heterocycles. The molecule has 28 heavy (non-hydrogen) atoms. The minimum Gasteiger partial charge on any atom is -0.493 e. The van der Waals surface area contributed by atoms with Gasteiger partial charge in [0, 0.05) is 11.0 Å². The van der Waals surface area contributed by atoms with Crippen LogP contribution in [-0.4, -0.2) is 20.9 Å². The summed E-state index contributed by atoms with van der Waals surface area (Å²) in [6, 6.07) is 11.4. The van der Waals surface area contributed by atoms with Crippen LogP contribution in [0.5, 0.6) is 5.75 Å². The van der Waals surface area contributed by atoms with E-state index in [1.165, 1.54) is 18.6 Å². The lowest BCUT2D eigenvalue weighted by Crippen LogP contribution is -2.23. The molecule has 8 heteroatoms. The van der Waals surface area contributed by atoms with Gasteiger partial charge in [0.15, 0.2) is 0 Å². The van der Waals surface area contributed by atoms with Crippen LogP contribution >= 0.6 is 15.9 Å². The minimum absolute atomic E-state index is 0.0355. The summed E-state index contributed by atoms with van der Waals surface area (Å²) in [6.07, 6.45) is 4.37. The summed E-state index contributed by atoms with van der Waals surface area (Å²) in [7, 11) is -3.73. The van der Waals surface area contributed by atoms with Gasteiger partial charge in [0.1, 0.15) is 5.75 Å². The summed E-state index contributed by atoms with van der Waals surface area (Å²) < 4.78 is 29.2. The number of nitrogens with two attached hydrogens (primary N) is 1. The Labute approximate surface area is 174 Å². The first kappa shape index (κ1) is 22.4. The van der Waals surface area contributed by atoms with Gasteiger partial charge in [-0.1, -0.05) is 54.2 Å². The van der Waals surface area contributed by atoms with Crippen LogP contribution in [0.25, 0.3) is 0 Å². The molecule has 0 bridgehead atoms. The number of sulfonamides is 1. The quantitative estimate of drug-likeness (QED) is 0.514. The second-order valence-electron chi connectivity index (χ2n) is 6.42. The lowest BCUT2D eigenvalue weighted by atomic mass is 10.1. The fourth-order valence-corrected chi connectivity index (χ4v) is 3.47. The van der Waals surface area contributed by atoms with Crippen molar-refractivity contribution >= 4 is 31.9 Å². The van der Waals surface area contributed by atoms with Gasteiger partial charge in [0.2, 0.25) is 10.0 Å². The molecule has 0 fully saturated rings. The van der Waals surface area contributed by atoms with Crippen LogP contribution in [0.15, 0.2) is 51.8 Å². The van der Waals surface area contributed by atoms with E-state index in [4.69, 9.17) is 9.88 Å². The van der Waals surface area contributed by atoms with Crippen molar-refractivity contribution in [3.63, 3.8) is 0 Å². The molecule has 0 heterocycles. The van der Waals surface area contributed by atoms with Crippen molar-refractivity contribution < 1.29 is 17.9 Å². The molecule has 2 rings (SSSR count). The predicted octanol–water partition coefficient (Wildman–Crippen LogP) is 3.99. The van der Waals surface area contributed by atoms with E-state index in [-0.39, 0.29) is 17.3 Å². The van der Waals surface area contributed by atoms with Crippen molar-refractivity contribution in [2.45, 2.75) is 44.0 Å². The van der Waals surface area contributed by atoms with E-state index >= 15 is 0 Å². The fraction of sp³-hybridized carbons (Fsp3) is 0.350. The topological polar surface area (TPSA) is 98.5 Å². The molecule has 1 amide bonds. The second kappa shape index (κ2) is 10.6. The first-order valence-electron chi connectivity index (χ1n) is 9.13. The Morgan fingerprint density at radius 3 is 2.46 bits per heavy atom. The number of hydrogen-bond donors (Lipinski definition) is 2. The first-order chi connectivity index (χ1) is 13.3. The third kappa shape index (κ3) is 6.92. The maximum absolute atomic E-state index is 12.6. The number of benzene rings is 2. The van der Waals surface area contributed by atoms with E-state index in [0.29, 0.717) is 17.9 Å². The van der Waals surface area contributed by atoms with Crippen molar-refractivity contribution in [1.29, 1.82) is 0 Å². The van der Waals surface area contributed by atoms with Crippen LogP contribution < -0.4 is 15.2 Å². The van der Waals surface area contributed by atoms with E-state index in [1.807, 2.05) is 6.07 Å². The molecule has 2 aromatic carbocycles. The van der Waals surface area contributed by atoms with Crippen molar-refractivity contribution in [3.05, 3.63) is 58.1 Å². The molecule has 0 aliphatic carbocycles. The van der Waals surface area contributed by atoms with Gasteiger partial charge in [-0.05, 0) is 42.3 Å². The van der Waals surface area contributed by atoms with Crippen LogP contribution in [0.3, 0.4) is 0 Å². The van der Waals surface area contributed by atoms with Crippen molar-refractivity contribution in [3.8, 4) is 5.75 Å². The molecular weight excluding hydrogens is 444 g/mol. The number of amides is 1. The average Bonchev–Trinajstić information content (AvgIpc) is 2.66. The van der Waals surface area contributed by atoms with E-state index in [2.05, 4.69) is 28.2 Å². The van der Waals surface area contributed by atoms with Crippen molar-refractivity contribution in [2.75, 3.05) is 6.61 Å². The van der Waals surface area contributed by atoms with Crippen LogP contribution in [0.4, 0.5) is 0 Å². The summed E-state index contributed by atoms with van der Waals surface area (Å²) in [5.74, 6) is 0.280. The molecule has 0 radical (unpaired) electrons. The smallest absolute Gasteiger partial charge is 0.255 e. The fourth-order valence-electron chi connectivity index (χ4n) is 2.59. The van der Waals surface area contributed by atoms with Gasteiger partial charge >= 0.3 is 0 Å². The monoisotopic (exact) mass is 468 g/mol.